The lowest BCUT2D eigenvalue weighted by Crippen LogP contribution is -2.43. The van der Waals surface area contributed by atoms with Crippen LogP contribution in [0.15, 0.2) is 42.7 Å². The van der Waals surface area contributed by atoms with Crippen molar-refractivity contribution >= 4 is 19.7 Å². The zero-order valence-electron chi connectivity index (χ0n) is 16.2. The molecule has 0 saturated heterocycles. The second kappa shape index (κ2) is 8.31. The predicted molar refractivity (Wildman–Crippen MR) is 110 cm³/mol. The van der Waals surface area contributed by atoms with E-state index in [1.54, 1.807) is 12.4 Å². The minimum atomic E-state index is -1.75. The molecule has 132 valence electrons. The fraction of sp³-hybridized carbons (Fsp3) is 0.429. The summed E-state index contributed by atoms with van der Waals surface area (Å²) in [5.41, 5.74) is 7.62. The zero-order valence-corrected chi connectivity index (χ0v) is 17.2. The minimum Gasteiger partial charge on any atom is -0.323 e. The van der Waals surface area contributed by atoms with Gasteiger partial charge in [0.25, 0.3) is 0 Å². The average Bonchev–Trinajstić information content (AvgIpc) is 2.57. The van der Waals surface area contributed by atoms with Crippen LogP contribution in [0.2, 0.25) is 16.6 Å². The second-order valence-corrected chi connectivity index (χ2v) is 13.0. The number of anilines is 2. The van der Waals surface area contributed by atoms with Crippen LogP contribution in [0.25, 0.3) is 0 Å². The van der Waals surface area contributed by atoms with Gasteiger partial charge in [-0.05, 0) is 34.8 Å². The van der Waals surface area contributed by atoms with E-state index in [9.17, 15) is 0 Å². The summed E-state index contributed by atoms with van der Waals surface area (Å²) < 4.78 is 0. The number of hydrogen-bond acceptors (Lipinski definition) is 3. The van der Waals surface area contributed by atoms with Crippen LogP contribution in [0.1, 0.15) is 47.1 Å². The van der Waals surface area contributed by atoms with Crippen LogP contribution in [0, 0.1) is 11.5 Å². The van der Waals surface area contributed by atoms with E-state index >= 15 is 0 Å². The SMILES string of the molecule is CC(C)[Si](C#Cc1ccccc1Nc1ncccn1)(C(C)C)C(C)C. The van der Waals surface area contributed by atoms with Crippen LogP contribution in [0.4, 0.5) is 11.6 Å². The van der Waals surface area contributed by atoms with Crippen molar-refractivity contribution in [2.45, 2.75) is 58.2 Å². The molecule has 0 fully saturated rings. The predicted octanol–water partition coefficient (Wildman–Crippen LogP) is 5.79. The van der Waals surface area contributed by atoms with Gasteiger partial charge in [-0.25, -0.2) is 9.97 Å². The van der Waals surface area contributed by atoms with Crippen LogP contribution in [-0.4, -0.2) is 18.0 Å². The van der Waals surface area contributed by atoms with Gasteiger partial charge in [-0.15, -0.1) is 5.54 Å². The van der Waals surface area contributed by atoms with Crippen molar-refractivity contribution in [3.63, 3.8) is 0 Å². The summed E-state index contributed by atoms with van der Waals surface area (Å²) >= 11 is 0. The van der Waals surface area contributed by atoms with E-state index in [-0.39, 0.29) is 0 Å². The van der Waals surface area contributed by atoms with Crippen molar-refractivity contribution in [3.8, 4) is 11.5 Å². The number of nitrogens with zero attached hydrogens (tertiary/aromatic N) is 2. The van der Waals surface area contributed by atoms with Crippen molar-refractivity contribution in [1.82, 2.24) is 9.97 Å². The first-order valence-electron chi connectivity index (χ1n) is 9.04. The third kappa shape index (κ3) is 4.29. The number of aromatic nitrogens is 2. The van der Waals surface area contributed by atoms with Crippen LogP contribution in [-0.2, 0) is 0 Å². The van der Waals surface area contributed by atoms with Crippen molar-refractivity contribution in [2.75, 3.05) is 5.32 Å². The van der Waals surface area contributed by atoms with Gasteiger partial charge in [0.2, 0.25) is 5.95 Å². The largest absolute Gasteiger partial charge is 0.323 e. The monoisotopic (exact) mass is 351 g/mol. The van der Waals surface area contributed by atoms with Gasteiger partial charge >= 0.3 is 0 Å². The van der Waals surface area contributed by atoms with Gasteiger partial charge in [0, 0.05) is 18.0 Å². The third-order valence-electron chi connectivity index (χ3n) is 5.02. The maximum Gasteiger partial charge on any atom is 0.227 e. The van der Waals surface area contributed by atoms with E-state index in [1.165, 1.54) is 0 Å². The van der Waals surface area contributed by atoms with Gasteiger partial charge in [0.05, 0.1) is 5.69 Å². The Morgan fingerprint density at radius 3 is 1.96 bits per heavy atom. The molecule has 0 bridgehead atoms. The number of para-hydroxylation sites is 1. The summed E-state index contributed by atoms with van der Waals surface area (Å²) in [6, 6.07) is 9.95. The highest BCUT2D eigenvalue weighted by Gasteiger charge is 2.41. The van der Waals surface area contributed by atoms with E-state index in [0.717, 1.165) is 11.3 Å². The Morgan fingerprint density at radius 1 is 0.840 bits per heavy atom. The standard InChI is InChI=1S/C21H29N3Si/c1-16(2)25(17(3)4,18(5)6)15-12-19-10-7-8-11-20(19)24-21-22-13-9-14-23-21/h7-11,13-14,16-18H,1-6H3,(H,22,23,24). The minimum absolute atomic E-state index is 0.594. The molecule has 3 nitrogen and oxygen atoms in total. The van der Waals surface area contributed by atoms with E-state index in [0.29, 0.717) is 22.6 Å². The molecule has 1 aromatic carbocycles. The Balaban J connectivity index is 2.42. The highest BCUT2D eigenvalue weighted by molar-refractivity contribution is 6.90. The number of nitrogens with one attached hydrogen (secondary N) is 1. The molecule has 0 atom stereocenters. The van der Waals surface area contributed by atoms with Gasteiger partial charge in [0.15, 0.2) is 0 Å². The van der Waals surface area contributed by atoms with Crippen molar-refractivity contribution in [3.05, 3.63) is 48.3 Å². The van der Waals surface area contributed by atoms with Crippen molar-refractivity contribution in [1.29, 1.82) is 0 Å². The van der Waals surface area contributed by atoms with Gasteiger partial charge in [-0.2, -0.15) is 0 Å². The molecule has 0 radical (unpaired) electrons. The highest BCUT2D eigenvalue weighted by Crippen LogP contribution is 2.40. The number of benzene rings is 1. The molecule has 0 spiro atoms. The fourth-order valence-electron chi connectivity index (χ4n) is 3.79. The molecule has 2 rings (SSSR count). The van der Waals surface area contributed by atoms with Crippen molar-refractivity contribution < 1.29 is 0 Å². The maximum absolute atomic E-state index is 4.25. The summed E-state index contributed by atoms with van der Waals surface area (Å²) in [7, 11) is -1.75. The Hall–Kier alpha value is -2.12. The van der Waals surface area contributed by atoms with E-state index < -0.39 is 8.07 Å². The Labute approximate surface area is 153 Å². The summed E-state index contributed by atoms with van der Waals surface area (Å²) in [4.78, 5) is 8.49. The quantitative estimate of drug-likeness (QED) is 0.547. The molecule has 0 aliphatic carbocycles. The molecule has 2 aromatic rings. The normalized spacial score (nSPS) is 11.6. The average molecular weight is 352 g/mol. The van der Waals surface area contributed by atoms with Gasteiger partial charge < -0.3 is 5.32 Å². The molecule has 25 heavy (non-hydrogen) atoms. The third-order valence-corrected chi connectivity index (χ3v) is 11.3. The topological polar surface area (TPSA) is 37.8 Å². The molecule has 1 aromatic heterocycles. The number of rotatable bonds is 5. The summed E-state index contributed by atoms with van der Waals surface area (Å²) in [6.07, 6.45) is 3.47. The van der Waals surface area contributed by atoms with Crippen LogP contribution in [0.5, 0.6) is 0 Å². The van der Waals surface area contributed by atoms with E-state index in [1.807, 2.05) is 24.3 Å². The fourth-order valence-corrected chi connectivity index (χ4v) is 9.01. The smallest absolute Gasteiger partial charge is 0.227 e. The van der Waals surface area contributed by atoms with Crippen LogP contribution < -0.4 is 5.32 Å². The maximum atomic E-state index is 4.25. The molecule has 0 saturated carbocycles. The van der Waals surface area contributed by atoms with Crippen LogP contribution in [0.3, 0.4) is 0 Å². The van der Waals surface area contributed by atoms with E-state index in [2.05, 4.69) is 74.4 Å². The first kappa shape index (κ1) is 19.2. The summed E-state index contributed by atoms with van der Waals surface area (Å²) in [5.74, 6) is 4.11. The molecule has 0 aliphatic heterocycles. The van der Waals surface area contributed by atoms with E-state index in [4.69, 9.17) is 0 Å². The molecular weight excluding hydrogens is 322 g/mol. The highest BCUT2D eigenvalue weighted by atomic mass is 28.3. The van der Waals surface area contributed by atoms with Gasteiger partial charge in [-0.3, -0.25) is 0 Å². The van der Waals surface area contributed by atoms with Crippen molar-refractivity contribution in [2.24, 2.45) is 0 Å². The Morgan fingerprint density at radius 2 is 1.40 bits per heavy atom. The van der Waals surface area contributed by atoms with Gasteiger partial charge in [-0.1, -0.05) is 59.6 Å². The molecule has 1 heterocycles. The summed E-state index contributed by atoms with van der Waals surface area (Å²) in [5, 5.41) is 3.29. The molecule has 0 unspecified atom stereocenters. The zero-order chi connectivity index (χ0) is 18.4. The summed E-state index contributed by atoms with van der Waals surface area (Å²) in [6.45, 7) is 14.0. The molecular formula is C21H29N3Si. The molecule has 1 N–H and O–H groups in total. The molecule has 0 aliphatic rings. The Bertz CT molecular complexity index is 721. The van der Waals surface area contributed by atoms with Crippen LogP contribution >= 0.6 is 0 Å². The Kier molecular flexibility index (Phi) is 6.38. The number of hydrogen-bond donors (Lipinski definition) is 1. The van der Waals surface area contributed by atoms with Gasteiger partial charge in [0.1, 0.15) is 8.07 Å². The lowest BCUT2D eigenvalue weighted by atomic mass is 10.2. The molecule has 4 heteroatoms. The lowest BCUT2D eigenvalue weighted by Gasteiger charge is -2.38. The first-order chi connectivity index (χ1) is 11.9. The lowest BCUT2D eigenvalue weighted by molar-refractivity contribution is 0.838. The second-order valence-electron chi connectivity index (χ2n) is 7.39. The first-order valence-corrected chi connectivity index (χ1v) is 11.3. The molecule has 0 amide bonds.